The number of nitrogens with one attached hydrogen (secondary N) is 2. The number of halogens is 3. The molecular formula is C24H23F3N4O. The van der Waals surface area contributed by atoms with Crippen LogP contribution < -0.4 is 10.6 Å². The Labute approximate surface area is 184 Å². The second-order valence-electron chi connectivity index (χ2n) is 8.17. The van der Waals surface area contributed by atoms with E-state index in [0.717, 1.165) is 23.4 Å². The van der Waals surface area contributed by atoms with Gasteiger partial charge < -0.3 is 10.6 Å². The smallest absolute Gasteiger partial charge is 0.228 e. The van der Waals surface area contributed by atoms with E-state index in [1.54, 1.807) is 18.3 Å². The molecule has 5 nitrogen and oxygen atoms in total. The molecule has 1 fully saturated rings. The summed E-state index contributed by atoms with van der Waals surface area (Å²) >= 11 is 0. The van der Waals surface area contributed by atoms with Gasteiger partial charge in [0.25, 0.3) is 0 Å². The minimum Gasteiger partial charge on any atom is -0.326 e. The minimum atomic E-state index is -1.03. The molecule has 2 N–H and O–H groups in total. The van der Waals surface area contributed by atoms with Gasteiger partial charge in [-0.15, -0.1) is 0 Å². The fourth-order valence-corrected chi connectivity index (χ4v) is 4.07. The van der Waals surface area contributed by atoms with Gasteiger partial charge >= 0.3 is 0 Å². The molecule has 0 radical (unpaired) electrons. The lowest BCUT2D eigenvalue weighted by atomic mass is 9.92. The van der Waals surface area contributed by atoms with Crippen molar-refractivity contribution in [2.45, 2.75) is 32.2 Å². The third kappa shape index (κ3) is 4.50. The van der Waals surface area contributed by atoms with Crippen LogP contribution in [0.5, 0.6) is 0 Å². The second kappa shape index (κ2) is 8.70. The van der Waals surface area contributed by atoms with Crippen LogP contribution in [0, 0.1) is 37.2 Å². The summed E-state index contributed by atoms with van der Waals surface area (Å²) in [5.74, 6) is -2.47. The van der Waals surface area contributed by atoms with Crippen LogP contribution in [0.25, 0.3) is 0 Å². The minimum absolute atomic E-state index is 0.175. The highest BCUT2D eigenvalue weighted by atomic mass is 19.2. The lowest BCUT2D eigenvalue weighted by Crippen LogP contribution is -2.31. The van der Waals surface area contributed by atoms with Gasteiger partial charge in [0.05, 0.1) is 5.92 Å². The van der Waals surface area contributed by atoms with Gasteiger partial charge in [0.2, 0.25) is 5.91 Å². The highest BCUT2D eigenvalue weighted by molar-refractivity contribution is 5.96. The molecule has 0 aliphatic heterocycles. The first-order valence-electron chi connectivity index (χ1n) is 10.3. The molecule has 166 valence electrons. The summed E-state index contributed by atoms with van der Waals surface area (Å²) in [4.78, 5) is 21.5. The maximum Gasteiger partial charge on any atom is 0.228 e. The molecule has 3 aromatic rings. The standard InChI is InChI=1S/C24H23F3N4O/c1-14-16(12-29-15(2)30-14)11-28-13-24(17-4-3-5-18(25)8-17)10-20(24)23(32)31-19-6-7-21(26)22(27)9-19/h3-9,12,20,28H,10-11,13H2,1-2H3,(H,31,32)/t20-,24+/m0/s1. The zero-order chi connectivity index (χ0) is 22.9. The van der Waals surface area contributed by atoms with Crippen molar-refractivity contribution in [1.29, 1.82) is 0 Å². The van der Waals surface area contributed by atoms with Gasteiger partial charge in [-0.1, -0.05) is 12.1 Å². The van der Waals surface area contributed by atoms with Crippen molar-refractivity contribution >= 4 is 11.6 Å². The average molecular weight is 440 g/mol. The summed E-state index contributed by atoms with van der Waals surface area (Å²) in [5.41, 5.74) is 2.09. The summed E-state index contributed by atoms with van der Waals surface area (Å²) in [5, 5.41) is 6.00. The quantitative estimate of drug-likeness (QED) is 0.578. The molecule has 8 heteroatoms. The first-order valence-corrected chi connectivity index (χ1v) is 10.3. The molecule has 0 saturated heterocycles. The zero-order valence-corrected chi connectivity index (χ0v) is 17.8. The molecule has 0 bridgehead atoms. The fourth-order valence-electron chi connectivity index (χ4n) is 4.07. The Morgan fingerprint density at radius 1 is 1.12 bits per heavy atom. The summed E-state index contributed by atoms with van der Waals surface area (Å²) in [6, 6.07) is 9.43. The summed E-state index contributed by atoms with van der Waals surface area (Å²) in [6.45, 7) is 4.66. The van der Waals surface area contributed by atoms with Gasteiger partial charge in [0.1, 0.15) is 11.6 Å². The van der Waals surface area contributed by atoms with E-state index in [0.29, 0.717) is 30.9 Å². The van der Waals surface area contributed by atoms with Crippen LogP contribution >= 0.6 is 0 Å². The number of nitrogens with zero attached hydrogens (tertiary/aromatic N) is 2. The summed E-state index contributed by atoms with van der Waals surface area (Å²) in [7, 11) is 0. The molecule has 4 rings (SSSR count). The number of aryl methyl sites for hydroxylation is 2. The number of hydrogen-bond acceptors (Lipinski definition) is 4. The SMILES string of the molecule is Cc1ncc(CNC[C@@]2(c3cccc(F)c3)C[C@H]2C(=O)Nc2ccc(F)c(F)c2)c(C)n1. The van der Waals surface area contributed by atoms with E-state index in [4.69, 9.17) is 0 Å². The van der Waals surface area contributed by atoms with Gasteiger partial charge in [-0.05, 0) is 50.1 Å². The molecule has 1 saturated carbocycles. The maximum absolute atomic E-state index is 13.9. The van der Waals surface area contributed by atoms with E-state index in [2.05, 4.69) is 20.6 Å². The van der Waals surface area contributed by atoms with Crippen molar-refractivity contribution in [1.82, 2.24) is 15.3 Å². The first-order chi connectivity index (χ1) is 15.3. The topological polar surface area (TPSA) is 66.9 Å². The van der Waals surface area contributed by atoms with E-state index in [9.17, 15) is 18.0 Å². The fraction of sp³-hybridized carbons (Fsp3) is 0.292. The Morgan fingerprint density at radius 2 is 1.94 bits per heavy atom. The van der Waals surface area contributed by atoms with E-state index in [-0.39, 0.29) is 17.4 Å². The molecule has 0 unspecified atom stereocenters. The Hall–Kier alpha value is -3.26. The average Bonchev–Trinajstić information content (AvgIpc) is 3.48. The lowest BCUT2D eigenvalue weighted by Gasteiger charge is -2.20. The van der Waals surface area contributed by atoms with Crippen LogP contribution in [0.1, 0.15) is 29.1 Å². The van der Waals surface area contributed by atoms with Crippen molar-refractivity contribution in [2.75, 3.05) is 11.9 Å². The highest BCUT2D eigenvalue weighted by Crippen LogP contribution is 2.54. The summed E-state index contributed by atoms with van der Waals surface area (Å²) in [6.07, 6.45) is 2.27. The number of aromatic nitrogens is 2. The van der Waals surface area contributed by atoms with Crippen molar-refractivity contribution < 1.29 is 18.0 Å². The maximum atomic E-state index is 13.9. The molecule has 1 aliphatic rings. The number of carbonyl (C=O) groups excluding carboxylic acids is 1. The molecule has 1 aliphatic carbocycles. The van der Waals surface area contributed by atoms with Crippen molar-refractivity contribution in [3.8, 4) is 0 Å². The number of carbonyl (C=O) groups is 1. The van der Waals surface area contributed by atoms with E-state index >= 15 is 0 Å². The summed E-state index contributed by atoms with van der Waals surface area (Å²) < 4.78 is 40.6. The lowest BCUT2D eigenvalue weighted by molar-refractivity contribution is -0.117. The predicted octanol–water partition coefficient (Wildman–Crippen LogP) is 4.20. The van der Waals surface area contributed by atoms with Gasteiger partial charge in [0.15, 0.2) is 11.6 Å². The number of anilines is 1. The van der Waals surface area contributed by atoms with Gasteiger partial charge in [-0.25, -0.2) is 23.1 Å². The van der Waals surface area contributed by atoms with Crippen LogP contribution in [0.2, 0.25) is 0 Å². The molecule has 1 aromatic heterocycles. The Bertz CT molecular complexity index is 1170. The second-order valence-corrected chi connectivity index (χ2v) is 8.17. The molecule has 32 heavy (non-hydrogen) atoms. The molecule has 2 atom stereocenters. The van der Waals surface area contributed by atoms with E-state index < -0.39 is 23.0 Å². The van der Waals surface area contributed by atoms with Gasteiger partial charge in [0, 0.05) is 47.7 Å². The Morgan fingerprint density at radius 3 is 2.66 bits per heavy atom. The zero-order valence-electron chi connectivity index (χ0n) is 17.8. The third-order valence-electron chi connectivity index (χ3n) is 5.94. The molecule has 2 aromatic carbocycles. The largest absolute Gasteiger partial charge is 0.326 e. The molecule has 0 spiro atoms. The van der Waals surface area contributed by atoms with Crippen molar-refractivity contribution in [3.05, 3.63) is 88.8 Å². The van der Waals surface area contributed by atoms with Crippen LogP contribution in [0.3, 0.4) is 0 Å². The number of rotatable bonds is 7. The van der Waals surface area contributed by atoms with Crippen molar-refractivity contribution in [2.24, 2.45) is 5.92 Å². The third-order valence-corrected chi connectivity index (χ3v) is 5.94. The highest BCUT2D eigenvalue weighted by Gasteiger charge is 2.58. The van der Waals surface area contributed by atoms with Gasteiger partial charge in [-0.2, -0.15) is 0 Å². The monoisotopic (exact) mass is 440 g/mol. The van der Waals surface area contributed by atoms with Crippen LogP contribution in [-0.4, -0.2) is 22.4 Å². The molecular weight excluding hydrogens is 417 g/mol. The number of benzene rings is 2. The van der Waals surface area contributed by atoms with Gasteiger partial charge in [-0.3, -0.25) is 4.79 Å². The number of hydrogen-bond donors (Lipinski definition) is 2. The molecule has 1 amide bonds. The van der Waals surface area contributed by atoms with Crippen LogP contribution in [-0.2, 0) is 16.8 Å². The Balaban J connectivity index is 1.51. The van der Waals surface area contributed by atoms with E-state index in [1.807, 2.05) is 13.8 Å². The first kappa shape index (κ1) is 22.0. The Kier molecular flexibility index (Phi) is 5.97. The van der Waals surface area contributed by atoms with Crippen molar-refractivity contribution in [3.63, 3.8) is 0 Å². The van der Waals surface area contributed by atoms with E-state index in [1.165, 1.54) is 18.2 Å². The predicted molar refractivity (Wildman–Crippen MR) is 114 cm³/mol. The van der Waals surface area contributed by atoms with Crippen LogP contribution in [0.4, 0.5) is 18.9 Å². The number of amides is 1. The normalized spacial score (nSPS) is 19.6. The molecule has 1 heterocycles. The van der Waals surface area contributed by atoms with Crippen LogP contribution in [0.15, 0.2) is 48.7 Å².